The number of nitrogens with zero attached hydrogens (tertiary/aromatic N) is 1. The van der Waals surface area contributed by atoms with E-state index in [1.165, 1.54) is 12.1 Å². The second-order valence-corrected chi connectivity index (χ2v) is 5.74. The topological polar surface area (TPSA) is 46.3 Å². The normalized spacial score (nSPS) is 22.4. The number of amides is 1. The Labute approximate surface area is 120 Å². The van der Waals surface area contributed by atoms with Crippen molar-refractivity contribution in [2.24, 2.45) is 11.7 Å². The zero-order chi connectivity index (χ0) is 14.7. The Hall–Kier alpha value is -1.42. The van der Waals surface area contributed by atoms with Crippen molar-refractivity contribution in [2.45, 2.75) is 45.2 Å². The highest BCUT2D eigenvalue weighted by molar-refractivity contribution is 5.79. The van der Waals surface area contributed by atoms with Crippen LogP contribution in [-0.2, 0) is 4.79 Å². The summed E-state index contributed by atoms with van der Waals surface area (Å²) in [5, 5.41) is 0. The number of carbonyl (C=O) groups excluding carboxylic acids is 1. The van der Waals surface area contributed by atoms with E-state index in [9.17, 15) is 9.18 Å². The number of halogens is 1. The van der Waals surface area contributed by atoms with E-state index in [1.54, 1.807) is 12.1 Å². The molecule has 1 heterocycles. The Morgan fingerprint density at radius 3 is 2.55 bits per heavy atom. The number of carbonyl (C=O) groups is 1. The van der Waals surface area contributed by atoms with Gasteiger partial charge in [-0.1, -0.05) is 19.1 Å². The van der Waals surface area contributed by atoms with Crippen LogP contribution in [0.15, 0.2) is 24.3 Å². The Morgan fingerprint density at radius 2 is 1.95 bits per heavy atom. The van der Waals surface area contributed by atoms with Gasteiger partial charge in [0.05, 0.1) is 12.0 Å². The molecule has 1 saturated heterocycles. The number of piperidine rings is 1. The van der Waals surface area contributed by atoms with E-state index >= 15 is 0 Å². The highest BCUT2D eigenvalue weighted by atomic mass is 19.1. The molecule has 4 heteroatoms. The lowest BCUT2D eigenvalue weighted by molar-refractivity contribution is -0.139. The largest absolute Gasteiger partial charge is 0.335 e. The Kier molecular flexibility index (Phi) is 4.76. The molecule has 1 amide bonds. The average molecular weight is 278 g/mol. The molecule has 3 atom stereocenters. The minimum absolute atomic E-state index is 0.0537. The van der Waals surface area contributed by atoms with Crippen LogP contribution in [0.1, 0.15) is 44.7 Å². The molecule has 0 saturated carbocycles. The maximum Gasteiger partial charge on any atom is 0.227 e. The van der Waals surface area contributed by atoms with Crippen LogP contribution in [0.3, 0.4) is 0 Å². The molecule has 0 aromatic heterocycles. The van der Waals surface area contributed by atoms with Gasteiger partial charge in [0.2, 0.25) is 5.91 Å². The first kappa shape index (κ1) is 15.0. The van der Waals surface area contributed by atoms with Crippen molar-refractivity contribution in [3.8, 4) is 0 Å². The standard InChI is InChI=1S/C16H23FN2O/c1-11(12(2)18)16(20)19-10-4-3-5-15(19)13-6-8-14(17)9-7-13/h6-9,11-12,15H,3-5,10,18H2,1-2H3. The number of hydrogen-bond acceptors (Lipinski definition) is 2. The zero-order valence-electron chi connectivity index (χ0n) is 12.2. The first-order valence-electron chi connectivity index (χ1n) is 7.32. The Morgan fingerprint density at radius 1 is 1.30 bits per heavy atom. The fourth-order valence-corrected chi connectivity index (χ4v) is 2.71. The van der Waals surface area contributed by atoms with Gasteiger partial charge < -0.3 is 10.6 Å². The van der Waals surface area contributed by atoms with Crippen molar-refractivity contribution in [3.05, 3.63) is 35.6 Å². The molecule has 3 nitrogen and oxygen atoms in total. The van der Waals surface area contributed by atoms with Crippen LogP contribution in [-0.4, -0.2) is 23.4 Å². The fourth-order valence-electron chi connectivity index (χ4n) is 2.71. The highest BCUT2D eigenvalue weighted by Gasteiger charge is 2.31. The van der Waals surface area contributed by atoms with Crippen LogP contribution in [0.25, 0.3) is 0 Å². The van der Waals surface area contributed by atoms with E-state index in [-0.39, 0.29) is 29.7 Å². The van der Waals surface area contributed by atoms with E-state index in [0.717, 1.165) is 31.4 Å². The molecule has 110 valence electrons. The number of nitrogens with two attached hydrogens (primary N) is 1. The average Bonchev–Trinajstić information content (AvgIpc) is 2.46. The number of rotatable bonds is 3. The van der Waals surface area contributed by atoms with Crippen molar-refractivity contribution in [2.75, 3.05) is 6.54 Å². The number of benzene rings is 1. The zero-order valence-corrected chi connectivity index (χ0v) is 12.2. The van der Waals surface area contributed by atoms with Gasteiger partial charge in [-0.25, -0.2) is 4.39 Å². The van der Waals surface area contributed by atoms with Gasteiger partial charge in [-0.2, -0.15) is 0 Å². The van der Waals surface area contributed by atoms with E-state index in [4.69, 9.17) is 5.73 Å². The van der Waals surface area contributed by atoms with Crippen molar-refractivity contribution in [1.29, 1.82) is 0 Å². The second kappa shape index (κ2) is 6.35. The quantitative estimate of drug-likeness (QED) is 0.924. The summed E-state index contributed by atoms with van der Waals surface area (Å²) < 4.78 is 13.0. The summed E-state index contributed by atoms with van der Waals surface area (Å²) in [4.78, 5) is 14.5. The lowest BCUT2D eigenvalue weighted by atomic mass is 9.92. The molecule has 0 bridgehead atoms. The van der Waals surface area contributed by atoms with E-state index in [1.807, 2.05) is 18.7 Å². The van der Waals surface area contributed by atoms with Gasteiger partial charge in [0.25, 0.3) is 0 Å². The third-order valence-corrected chi connectivity index (χ3v) is 4.22. The molecule has 1 fully saturated rings. The molecule has 0 aliphatic carbocycles. The van der Waals surface area contributed by atoms with Gasteiger partial charge in [-0.3, -0.25) is 4.79 Å². The van der Waals surface area contributed by atoms with Crippen molar-refractivity contribution < 1.29 is 9.18 Å². The van der Waals surface area contributed by atoms with Gasteiger partial charge in [-0.05, 0) is 43.9 Å². The van der Waals surface area contributed by atoms with Crippen LogP contribution in [0.2, 0.25) is 0 Å². The maximum atomic E-state index is 13.0. The molecule has 2 N–H and O–H groups in total. The molecule has 0 radical (unpaired) electrons. The number of hydrogen-bond donors (Lipinski definition) is 1. The minimum Gasteiger partial charge on any atom is -0.335 e. The SMILES string of the molecule is CC(N)C(C)C(=O)N1CCCCC1c1ccc(F)cc1. The minimum atomic E-state index is -0.244. The van der Waals surface area contributed by atoms with E-state index < -0.39 is 0 Å². The molecule has 0 spiro atoms. The van der Waals surface area contributed by atoms with Gasteiger partial charge in [0.1, 0.15) is 5.82 Å². The predicted octanol–water partition coefficient (Wildman–Crippen LogP) is 2.86. The van der Waals surface area contributed by atoms with Crippen LogP contribution < -0.4 is 5.73 Å². The molecule has 3 unspecified atom stereocenters. The maximum absolute atomic E-state index is 13.0. The van der Waals surface area contributed by atoms with Gasteiger partial charge in [0, 0.05) is 12.6 Å². The van der Waals surface area contributed by atoms with Crippen molar-refractivity contribution in [3.63, 3.8) is 0 Å². The molecule has 1 aromatic rings. The molecular formula is C16H23FN2O. The molecule has 1 aromatic carbocycles. The molecule has 2 rings (SSSR count). The summed E-state index contributed by atoms with van der Waals surface area (Å²) in [6.45, 7) is 4.50. The summed E-state index contributed by atoms with van der Waals surface area (Å²) >= 11 is 0. The van der Waals surface area contributed by atoms with Gasteiger partial charge in [-0.15, -0.1) is 0 Å². The van der Waals surface area contributed by atoms with Gasteiger partial charge >= 0.3 is 0 Å². The first-order chi connectivity index (χ1) is 9.50. The molecule has 20 heavy (non-hydrogen) atoms. The van der Waals surface area contributed by atoms with Crippen LogP contribution in [0.5, 0.6) is 0 Å². The highest BCUT2D eigenvalue weighted by Crippen LogP contribution is 2.32. The molecule has 1 aliphatic rings. The van der Waals surface area contributed by atoms with Crippen LogP contribution in [0.4, 0.5) is 4.39 Å². The molecular weight excluding hydrogens is 255 g/mol. The third kappa shape index (κ3) is 3.18. The first-order valence-corrected chi connectivity index (χ1v) is 7.32. The van der Waals surface area contributed by atoms with Crippen molar-refractivity contribution in [1.82, 2.24) is 4.90 Å². The van der Waals surface area contributed by atoms with E-state index in [0.29, 0.717) is 0 Å². The monoisotopic (exact) mass is 278 g/mol. The summed E-state index contributed by atoms with van der Waals surface area (Å²) in [7, 11) is 0. The Bertz CT molecular complexity index is 458. The lowest BCUT2D eigenvalue weighted by Gasteiger charge is -2.38. The summed E-state index contributed by atoms with van der Waals surface area (Å²) in [6.07, 6.45) is 3.05. The summed E-state index contributed by atoms with van der Waals surface area (Å²) in [5.41, 5.74) is 6.86. The second-order valence-electron chi connectivity index (χ2n) is 5.74. The van der Waals surface area contributed by atoms with Crippen LogP contribution in [0, 0.1) is 11.7 Å². The van der Waals surface area contributed by atoms with Crippen molar-refractivity contribution >= 4 is 5.91 Å². The summed E-state index contributed by atoms with van der Waals surface area (Å²) in [5.74, 6) is -0.323. The van der Waals surface area contributed by atoms with E-state index in [2.05, 4.69) is 0 Å². The smallest absolute Gasteiger partial charge is 0.227 e. The number of likely N-dealkylation sites (tertiary alicyclic amines) is 1. The lowest BCUT2D eigenvalue weighted by Crippen LogP contribution is -2.45. The predicted molar refractivity (Wildman–Crippen MR) is 77.5 cm³/mol. The summed E-state index contributed by atoms with van der Waals surface area (Å²) in [6, 6.07) is 6.38. The molecule has 1 aliphatic heterocycles. The third-order valence-electron chi connectivity index (χ3n) is 4.22. The Balaban J connectivity index is 2.21. The van der Waals surface area contributed by atoms with Gasteiger partial charge in [0.15, 0.2) is 0 Å². The fraction of sp³-hybridized carbons (Fsp3) is 0.562. The van der Waals surface area contributed by atoms with Crippen LogP contribution >= 0.6 is 0 Å².